The van der Waals surface area contributed by atoms with Gasteiger partial charge in [0.05, 0.1) is 5.75 Å². The standard InChI is InChI=1S/C25H28ClN5O5S/c1-24(2,3)36-23(33)29-22-30-25(4,14-37(34,35)31(22)5)19-13-27-20-11-10-17(12-18(19)20)28-21(32)15-6-8-16(26)9-7-15/h6-13,27H,14H2,1-5H3,(H,28,32)(H,29,30,33)/t25-/m0/s1. The van der Waals surface area contributed by atoms with Crippen LogP contribution in [-0.4, -0.2) is 54.1 Å². The van der Waals surface area contributed by atoms with Crippen molar-refractivity contribution in [3.63, 3.8) is 0 Å². The number of nitrogens with one attached hydrogen (secondary N) is 3. The fourth-order valence-electron chi connectivity index (χ4n) is 4.01. The van der Waals surface area contributed by atoms with Crippen molar-refractivity contribution in [1.29, 1.82) is 0 Å². The third-order valence-electron chi connectivity index (χ3n) is 5.77. The number of rotatable bonds is 3. The molecule has 1 aliphatic heterocycles. The Bertz CT molecular complexity index is 1510. The molecule has 37 heavy (non-hydrogen) atoms. The van der Waals surface area contributed by atoms with Crippen LogP contribution in [0.15, 0.2) is 53.7 Å². The predicted molar refractivity (Wildman–Crippen MR) is 143 cm³/mol. The molecule has 196 valence electrons. The Hall–Kier alpha value is -3.57. The molecule has 1 aliphatic rings. The van der Waals surface area contributed by atoms with Gasteiger partial charge in [0.25, 0.3) is 5.91 Å². The second-order valence-corrected chi connectivity index (χ2v) is 12.4. The fourth-order valence-corrected chi connectivity index (χ4v) is 5.61. The number of anilines is 1. The van der Waals surface area contributed by atoms with Gasteiger partial charge in [-0.25, -0.2) is 22.5 Å². The van der Waals surface area contributed by atoms with Gasteiger partial charge in [0.1, 0.15) is 11.1 Å². The molecule has 2 amide bonds. The van der Waals surface area contributed by atoms with Gasteiger partial charge in [-0.1, -0.05) is 11.6 Å². The molecule has 0 unspecified atom stereocenters. The predicted octanol–water partition coefficient (Wildman–Crippen LogP) is 4.44. The van der Waals surface area contributed by atoms with Crippen LogP contribution in [0.25, 0.3) is 10.9 Å². The van der Waals surface area contributed by atoms with Crippen LogP contribution in [0, 0.1) is 0 Å². The van der Waals surface area contributed by atoms with E-state index in [1.165, 1.54) is 7.05 Å². The summed E-state index contributed by atoms with van der Waals surface area (Å²) < 4.78 is 32.4. The second-order valence-electron chi connectivity index (χ2n) is 9.98. The Morgan fingerprint density at radius 3 is 2.46 bits per heavy atom. The van der Waals surface area contributed by atoms with Gasteiger partial charge in [-0.05, 0) is 70.2 Å². The van der Waals surface area contributed by atoms with Crippen molar-refractivity contribution < 1.29 is 22.7 Å². The highest BCUT2D eigenvalue weighted by atomic mass is 35.5. The highest BCUT2D eigenvalue weighted by molar-refractivity contribution is 7.89. The molecule has 0 saturated heterocycles. The summed E-state index contributed by atoms with van der Waals surface area (Å²) in [6.07, 6.45) is 0.869. The zero-order valence-corrected chi connectivity index (χ0v) is 22.6. The number of nitrogens with zero attached hydrogens (tertiary/aromatic N) is 2. The Morgan fingerprint density at radius 2 is 1.81 bits per heavy atom. The number of sulfonamides is 1. The number of aromatic amines is 1. The molecule has 0 aliphatic carbocycles. The molecule has 3 aromatic rings. The first-order valence-electron chi connectivity index (χ1n) is 11.4. The molecular formula is C25H28ClN5O5S. The number of aliphatic imine (C=N–C) groups is 1. The molecule has 0 radical (unpaired) electrons. The van der Waals surface area contributed by atoms with Gasteiger partial charge in [-0.15, -0.1) is 0 Å². The number of ether oxygens (including phenoxy) is 1. The van der Waals surface area contributed by atoms with Gasteiger partial charge >= 0.3 is 6.09 Å². The Balaban J connectivity index is 1.70. The maximum absolute atomic E-state index is 13.1. The van der Waals surface area contributed by atoms with E-state index in [2.05, 4.69) is 20.6 Å². The lowest BCUT2D eigenvalue weighted by atomic mass is 9.94. The van der Waals surface area contributed by atoms with Crippen LogP contribution in [0.2, 0.25) is 5.02 Å². The zero-order chi connectivity index (χ0) is 27.2. The number of aromatic nitrogens is 1. The summed E-state index contributed by atoms with van der Waals surface area (Å²) in [7, 11) is -2.51. The number of H-pyrrole nitrogens is 1. The number of guanidine groups is 1. The maximum Gasteiger partial charge on any atom is 0.414 e. The molecule has 0 spiro atoms. The summed E-state index contributed by atoms with van der Waals surface area (Å²) >= 11 is 5.91. The number of fused-ring (bicyclic) bond motifs is 1. The number of hydrogen-bond donors (Lipinski definition) is 3. The largest absolute Gasteiger partial charge is 0.444 e. The average Bonchev–Trinajstić information content (AvgIpc) is 3.20. The smallest absolute Gasteiger partial charge is 0.414 e. The minimum atomic E-state index is -3.83. The number of halogens is 1. The van der Waals surface area contributed by atoms with Crippen molar-refractivity contribution >= 4 is 56.2 Å². The van der Waals surface area contributed by atoms with E-state index in [0.717, 1.165) is 9.82 Å². The van der Waals surface area contributed by atoms with Crippen molar-refractivity contribution in [2.45, 2.75) is 38.8 Å². The van der Waals surface area contributed by atoms with Gasteiger partial charge in [-0.2, -0.15) is 0 Å². The molecule has 1 atom stereocenters. The van der Waals surface area contributed by atoms with E-state index < -0.39 is 27.3 Å². The molecule has 10 nitrogen and oxygen atoms in total. The van der Waals surface area contributed by atoms with Crippen LogP contribution < -0.4 is 10.6 Å². The topological polar surface area (TPSA) is 133 Å². The monoisotopic (exact) mass is 545 g/mol. The first-order valence-corrected chi connectivity index (χ1v) is 13.4. The van der Waals surface area contributed by atoms with Crippen LogP contribution >= 0.6 is 11.6 Å². The van der Waals surface area contributed by atoms with E-state index in [4.69, 9.17) is 16.3 Å². The Labute approximate surface area is 220 Å². The van der Waals surface area contributed by atoms with Gasteiger partial charge in [0.2, 0.25) is 16.0 Å². The minimum absolute atomic E-state index is 0.149. The van der Waals surface area contributed by atoms with Crippen LogP contribution in [0.5, 0.6) is 0 Å². The summed E-state index contributed by atoms with van der Waals surface area (Å²) in [6, 6.07) is 11.8. The third-order valence-corrected chi connectivity index (χ3v) is 7.96. The average molecular weight is 546 g/mol. The maximum atomic E-state index is 13.1. The summed E-state index contributed by atoms with van der Waals surface area (Å²) in [4.78, 5) is 32.8. The molecule has 0 fully saturated rings. The SMILES string of the molecule is CN1C(NC(=O)OC(C)(C)C)=N[C@](C)(c2c[nH]c3ccc(NC(=O)c4ccc(Cl)cc4)cc23)CS1(=O)=O. The molecule has 0 saturated carbocycles. The van der Waals surface area contributed by atoms with Crippen molar-refractivity contribution in [2.75, 3.05) is 18.1 Å². The van der Waals surface area contributed by atoms with E-state index in [-0.39, 0.29) is 17.6 Å². The Kier molecular flexibility index (Phi) is 6.72. The van der Waals surface area contributed by atoms with E-state index in [9.17, 15) is 18.0 Å². The first-order chi connectivity index (χ1) is 17.2. The zero-order valence-electron chi connectivity index (χ0n) is 21.0. The summed E-state index contributed by atoms with van der Waals surface area (Å²) in [5, 5.41) is 6.52. The molecule has 2 heterocycles. The van der Waals surface area contributed by atoms with Gasteiger partial charge in [-0.3, -0.25) is 10.1 Å². The summed E-state index contributed by atoms with van der Waals surface area (Å²) in [6.45, 7) is 6.79. The number of carbonyl (C=O) groups is 2. The molecule has 0 bridgehead atoms. The van der Waals surface area contributed by atoms with Gasteiger partial charge in [0.15, 0.2) is 0 Å². The Morgan fingerprint density at radius 1 is 1.14 bits per heavy atom. The van der Waals surface area contributed by atoms with Crippen LogP contribution in [0.3, 0.4) is 0 Å². The normalized spacial score (nSPS) is 19.3. The second kappa shape index (κ2) is 9.38. The highest BCUT2D eigenvalue weighted by Crippen LogP contribution is 2.37. The van der Waals surface area contributed by atoms with Crippen molar-refractivity contribution in [2.24, 2.45) is 4.99 Å². The fraction of sp³-hybridized carbons (Fsp3) is 0.320. The molecular weight excluding hydrogens is 518 g/mol. The minimum Gasteiger partial charge on any atom is -0.444 e. The molecule has 1 aromatic heterocycles. The van der Waals surface area contributed by atoms with E-state index in [1.54, 1.807) is 76.4 Å². The molecule has 2 aromatic carbocycles. The lowest BCUT2D eigenvalue weighted by Gasteiger charge is -2.35. The summed E-state index contributed by atoms with van der Waals surface area (Å²) in [5.41, 5.74) is 0.258. The first kappa shape index (κ1) is 26.5. The van der Waals surface area contributed by atoms with Crippen molar-refractivity contribution in [1.82, 2.24) is 14.6 Å². The number of alkyl carbamates (subject to hydrolysis) is 1. The quantitative estimate of drug-likeness (QED) is 0.447. The lowest BCUT2D eigenvalue weighted by Crippen LogP contribution is -2.54. The van der Waals surface area contributed by atoms with E-state index in [1.807, 2.05) is 0 Å². The van der Waals surface area contributed by atoms with Crippen molar-refractivity contribution in [3.05, 3.63) is 64.8 Å². The molecule has 12 heteroatoms. The van der Waals surface area contributed by atoms with Crippen LogP contribution in [0.1, 0.15) is 43.6 Å². The molecule has 4 rings (SSSR count). The third kappa shape index (κ3) is 5.72. The number of benzene rings is 2. The number of hydrogen-bond acceptors (Lipinski definition) is 6. The summed E-state index contributed by atoms with van der Waals surface area (Å²) in [5.74, 6) is -0.794. The van der Waals surface area contributed by atoms with Gasteiger partial charge < -0.3 is 15.0 Å². The van der Waals surface area contributed by atoms with E-state index >= 15 is 0 Å². The molecule has 3 N–H and O–H groups in total. The number of amides is 2. The van der Waals surface area contributed by atoms with Crippen LogP contribution in [0.4, 0.5) is 10.5 Å². The number of carbonyl (C=O) groups excluding carboxylic acids is 2. The van der Waals surface area contributed by atoms with E-state index in [0.29, 0.717) is 27.2 Å². The van der Waals surface area contributed by atoms with Gasteiger partial charge in [0, 0.05) is 46.0 Å². The highest BCUT2D eigenvalue weighted by Gasteiger charge is 2.43. The van der Waals surface area contributed by atoms with Crippen LogP contribution in [-0.2, 0) is 20.3 Å². The van der Waals surface area contributed by atoms with Crippen molar-refractivity contribution in [3.8, 4) is 0 Å². The lowest BCUT2D eigenvalue weighted by molar-refractivity contribution is 0.0559.